The summed E-state index contributed by atoms with van der Waals surface area (Å²) in [6, 6.07) is 15.9. The molecule has 178 valence electrons. The Hall–Kier alpha value is -3.45. The number of unbranched alkanes of at least 4 members (excludes halogenated alkanes) is 1. The molecular weight excluding hydrogens is 430 g/mol. The summed E-state index contributed by atoms with van der Waals surface area (Å²) in [5.41, 5.74) is -0.183. The Kier molecular flexibility index (Phi) is 6.57. The number of amides is 2. The molecule has 2 amide bonds. The van der Waals surface area contributed by atoms with Crippen molar-refractivity contribution in [3.8, 4) is 0 Å². The minimum absolute atomic E-state index is 0.148. The van der Waals surface area contributed by atoms with Gasteiger partial charge < -0.3 is 19.8 Å². The standard InChI is InChI=1S/C27H31N3O4/c1-4-5-17-29-21-15-10-9-14-20(21)27(26(29)34)22(23(31)19-12-7-6-8-13-19)24(32)25(33)30(27)18-11-16-28(2)3/h6-10,12-15,31H,4-5,11,16-18H2,1-3H3/b23-22-. The van der Waals surface area contributed by atoms with Crippen LogP contribution < -0.4 is 4.90 Å². The summed E-state index contributed by atoms with van der Waals surface area (Å²) < 4.78 is 0. The van der Waals surface area contributed by atoms with E-state index in [1.165, 1.54) is 4.90 Å². The third kappa shape index (κ3) is 3.60. The molecule has 0 radical (unpaired) electrons. The van der Waals surface area contributed by atoms with Crippen LogP contribution in [0, 0.1) is 0 Å². The number of benzene rings is 2. The Morgan fingerprint density at radius 3 is 2.29 bits per heavy atom. The monoisotopic (exact) mass is 461 g/mol. The van der Waals surface area contributed by atoms with Gasteiger partial charge in [0.2, 0.25) is 0 Å². The number of carbonyl (C=O) groups excluding carboxylic acids is 3. The molecule has 2 heterocycles. The molecule has 1 spiro atoms. The number of carbonyl (C=O) groups is 3. The van der Waals surface area contributed by atoms with E-state index in [1.54, 1.807) is 47.4 Å². The van der Waals surface area contributed by atoms with Crippen LogP contribution in [0.3, 0.4) is 0 Å². The maximum atomic E-state index is 14.3. The van der Waals surface area contributed by atoms with Gasteiger partial charge in [-0.05, 0) is 39.5 Å². The molecule has 2 aromatic carbocycles. The summed E-state index contributed by atoms with van der Waals surface area (Å²) in [5.74, 6) is -2.26. The largest absolute Gasteiger partial charge is 0.507 e. The lowest BCUT2D eigenvalue weighted by Crippen LogP contribution is -2.52. The van der Waals surface area contributed by atoms with Crippen LogP contribution in [0.1, 0.15) is 37.3 Å². The molecule has 1 saturated heterocycles. The van der Waals surface area contributed by atoms with E-state index in [9.17, 15) is 19.5 Å². The molecule has 2 aliphatic heterocycles. The van der Waals surface area contributed by atoms with Crippen molar-refractivity contribution in [2.75, 3.05) is 38.6 Å². The van der Waals surface area contributed by atoms with Crippen LogP contribution in [0.25, 0.3) is 5.76 Å². The van der Waals surface area contributed by atoms with Gasteiger partial charge in [-0.3, -0.25) is 14.4 Å². The minimum Gasteiger partial charge on any atom is -0.507 e. The first-order valence-corrected chi connectivity index (χ1v) is 11.8. The molecule has 0 aromatic heterocycles. The number of aliphatic hydroxyl groups is 1. The quantitative estimate of drug-likeness (QED) is 0.370. The fraction of sp³-hybridized carbons (Fsp3) is 0.370. The molecule has 1 N–H and O–H groups in total. The van der Waals surface area contributed by atoms with E-state index in [2.05, 4.69) is 0 Å². The van der Waals surface area contributed by atoms with Crippen molar-refractivity contribution in [1.29, 1.82) is 0 Å². The SMILES string of the molecule is CCCCN1C(=O)C2(/C(=C(\O)c3ccccc3)C(=O)C(=O)N2CCCN(C)C)c2ccccc21. The lowest BCUT2D eigenvalue weighted by atomic mass is 9.82. The Labute approximate surface area is 200 Å². The third-order valence-electron chi connectivity index (χ3n) is 6.58. The van der Waals surface area contributed by atoms with E-state index in [0.717, 1.165) is 12.8 Å². The van der Waals surface area contributed by atoms with Crippen LogP contribution in [0.4, 0.5) is 5.69 Å². The number of para-hydroxylation sites is 1. The fourth-order valence-electron chi connectivity index (χ4n) is 4.99. The maximum absolute atomic E-state index is 14.3. The normalized spacial score (nSPS) is 21.2. The second-order valence-corrected chi connectivity index (χ2v) is 9.07. The molecule has 2 aromatic rings. The second kappa shape index (κ2) is 9.43. The Morgan fingerprint density at radius 2 is 1.62 bits per heavy atom. The average Bonchev–Trinajstić information content (AvgIpc) is 3.21. The zero-order valence-corrected chi connectivity index (χ0v) is 20.0. The number of fused-ring (bicyclic) bond motifs is 2. The van der Waals surface area contributed by atoms with E-state index in [-0.39, 0.29) is 23.8 Å². The van der Waals surface area contributed by atoms with Crippen LogP contribution >= 0.6 is 0 Å². The van der Waals surface area contributed by atoms with Gasteiger partial charge in [0.25, 0.3) is 17.6 Å². The topological polar surface area (TPSA) is 81.2 Å². The summed E-state index contributed by atoms with van der Waals surface area (Å²) in [6.07, 6.45) is 2.25. The molecule has 4 rings (SSSR count). The lowest BCUT2D eigenvalue weighted by molar-refractivity contribution is -0.143. The molecule has 0 aliphatic carbocycles. The summed E-state index contributed by atoms with van der Waals surface area (Å²) in [6.45, 7) is 3.43. The minimum atomic E-state index is -1.68. The number of Topliss-reactive ketones (excluding diaryl/α,β-unsaturated/α-hetero) is 1. The molecule has 7 nitrogen and oxygen atoms in total. The van der Waals surface area contributed by atoms with E-state index < -0.39 is 17.2 Å². The summed E-state index contributed by atoms with van der Waals surface area (Å²) >= 11 is 0. The van der Waals surface area contributed by atoms with Gasteiger partial charge in [-0.1, -0.05) is 61.9 Å². The molecule has 1 unspecified atom stereocenters. The van der Waals surface area contributed by atoms with Crippen molar-refractivity contribution in [3.63, 3.8) is 0 Å². The van der Waals surface area contributed by atoms with Gasteiger partial charge in [0.05, 0.1) is 11.3 Å². The number of hydrogen-bond donors (Lipinski definition) is 1. The first-order chi connectivity index (χ1) is 16.4. The number of nitrogens with zero attached hydrogens (tertiary/aromatic N) is 3. The Morgan fingerprint density at radius 1 is 0.941 bits per heavy atom. The number of ketones is 1. The van der Waals surface area contributed by atoms with E-state index in [0.29, 0.717) is 36.3 Å². The highest BCUT2D eigenvalue weighted by Gasteiger charge is 2.66. The predicted molar refractivity (Wildman–Crippen MR) is 131 cm³/mol. The van der Waals surface area contributed by atoms with Crippen LogP contribution in [0.15, 0.2) is 60.2 Å². The number of rotatable bonds is 8. The van der Waals surface area contributed by atoms with E-state index in [4.69, 9.17) is 0 Å². The van der Waals surface area contributed by atoms with Crippen molar-refractivity contribution in [1.82, 2.24) is 9.80 Å². The zero-order chi connectivity index (χ0) is 24.5. The zero-order valence-electron chi connectivity index (χ0n) is 20.0. The van der Waals surface area contributed by atoms with Crippen molar-refractivity contribution >= 4 is 29.0 Å². The van der Waals surface area contributed by atoms with Gasteiger partial charge in [0, 0.05) is 24.2 Å². The molecule has 34 heavy (non-hydrogen) atoms. The molecule has 2 aliphatic rings. The smallest absolute Gasteiger partial charge is 0.296 e. The van der Waals surface area contributed by atoms with Gasteiger partial charge in [-0.25, -0.2) is 0 Å². The highest BCUT2D eigenvalue weighted by molar-refractivity contribution is 6.50. The van der Waals surface area contributed by atoms with Crippen LogP contribution in [0.5, 0.6) is 0 Å². The number of anilines is 1. The number of hydrogen-bond acceptors (Lipinski definition) is 5. The van der Waals surface area contributed by atoms with Gasteiger partial charge in [0.1, 0.15) is 5.76 Å². The maximum Gasteiger partial charge on any atom is 0.296 e. The highest BCUT2D eigenvalue weighted by atomic mass is 16.3. The number of aliphatic hydroxyl groups excluding tert-OH is 1. The molecule has 0 bridgehead atoms. The fourth-order valence-corrected chi connectivity index (χ4v) is 4.99. The second-order valence-electron chi connectivity index (χ2n) is 9.07. The van der Waals surface area contributed by atoms with E-state index >= 15 is 0 Å². The Balaban J connectivity index is 1.97. The first kappa shape index (κ1) is 23.7. The third-order valence-corrected chi connectivity index (χ3v) is 6.58. The highest BCUT2D eigenvalue weighted by Crippen LogP contribution is 2.53. The summed E-state index contributed by atoms with van der Waals surface area (Å²) in [4.78, 5) is 46.2. The predicted octanol–water partition coefficient (Wildman–Crippen LogP) is 3.36. The number of likely N-dealkylation sites (tertiary alicyclic amines) is 1. The lowest BCUT2D eigenvalue weighted by Gasteiger charge is -2.34. The summed E-state index contributed by atoms with van der Waals surface area (Å²) in [5, 5.41) is 11.4. The van der Waals surface area contributed by atoms with E-state index in [1.807, 2.05) is 38.1 Å². The van der Waals surface area contributed by atoms with Crippen LogP contribution in [-0.2, 0) is 19.9 Å². The van der Waals surface area contributed by atoms with Gasteiger partial charge >= 0.3 is 0 Å². The molecule has 7 heteroatoms. The first-order valence-electron chi connectivity index (χ1n) is 11.8. The molecule has 1 atom stereocenters. The van der Waals surface area contributed by atoms with Crippen molar-refractivity contribution in [2.24, 2.45) is 0 Å². The van der Waals surface area contributed by atoms with Crippen molar-refractivity contribution in [2.45, 2.75) is 31.7 Å². The molecular formula is C27H31N3O4. The van der Waals surface area contributed by atoms with Gasteiger partial charge in [0.15, 0.2) is 5.54 Å². The van der Waals surface area contributed by atoms with Gasteiger partial charge in [-0.2, -0.15) is 0 Å². The van der Waals surface area contributed by atoms with Crippen molar-refractivity contribution < 1.29 is 19.5 Å². The summed E-state index contributed by atoms with van der Waals surface area (Å²) in [7, 11) is 3.86. The molecule has 1 fully saturated rings. The van der Waals surface area contributed by atoms with Crippen LogP contribution in [-0.4, -0.2) is 66.2 Å². The van der Waals surface area contributed by atoms with Crippen LogP contribution in [0.2, 0.25) is 0 Å². The van der Waals surface area contributed by atoms with Crippen molar-refractivity contribution in [3.05, 3.63) is 71.3 Å². The Bertz CT molecular complexity index is 1140. The van der Waals surface area contributed by atoms with Gasteiger partial charge in [-0.15, -0.1) is 0 Å². The average molecular weight is 462 g/mol. The molecule has 0 saturated carbocycles.